The number of hydrogen-bond donors (Lipinski definition) is 1. The van der Waals surface area contributed by atoms with E-state index in [-0.39, 0.29) is 11.8 Å². The van der Waals surface area contributed by atoms with Crippen LogP contribution in [0.5, 0.6) is 11.6 Å². The van der Waals surface area contributed by atoms with E-state index in [1.54, 1.807) is 18.2 Å². The molecule has 1 aliphatic carbocycles. The number of benzene rings is 1. The van der Waals surface area contributed by atoms with E-state index in [0.717, 1.165) is 24.3 Å². The number of carbonyl (C=O) groups excluding carboxylic acids is 1. The van der Waals surface area contributed by atoms with Gasteiger partial charge in [-0.15, -0.1) is 0 Å². The average Bonchev–Trinajstić information content (AvgIpc) is 3.32. The smallest absolute Gasteiger partial charge is 0.227 e. The second kappa shape index (κ2) is 6.16. The van der Waals surface area contributed by atoms with Gasteiger partial charge in [-0.1, -0.05) is 0 Å². The van der Waals surface area contributed by atoms with Crippen molar-refractivity contribution in [1.29, 1.82) is 0 Å². The van der Waals surface area contributed by atoms with E-state index in [1.807, 2.05) is 41.2 Å². The van der Waals surface area contributed by atoms with Crippen LogP contribution in [0.15, 0.2) is 61.2 Å². The second-order valence-electron chi connectivity index (χ2n) is 5.69. The molecule has 4 rings (SSSR count). The van der Waals surface area contributed by atoms with Crippen LogP contribution >= 0.6 is 0 Å². The van der Waals surface area contributed by atoms with Crippen LogP contribution in [0.4, 0.5) is 5.69 Å². The van der Waals surface area contributed by atoms with E-state index >= 15 is 0 Å². The Morgan fingerprint density at radius 2 is 1.88 bits per heavy atom. The molecule has 120 valence electrons. The van der Waals surface area contributed by atoms with Crippen LogP contribution in [0.1, 0.15) is 12.8 Å². The number of nitrogens with zero attached hydrogens (tertiary/aromatic N) is 3. The van der Waals surface area contributed by atoms with Gasteiger partial charge in [-0.25, -0.2) is 9.97 Å². The van der Waals surface area contributed by atoms with Gasteiger partial charge in [0.25, 0.3) is 0 Å². The van der Waals surface area contributed by atoms with Gasteiger partial charge in [-0.3, -0.25) is 4.79 Å². The number of nitrogens with one attached hydrogen (secondary N) is 1. The zero-order valence-corrected chi connectivity index (χ0v) is 12.9. The lowest BCUT2D eigenvalue weighted by atomic mass is 10.3. The van der Waals surface area contributed by atoms with Crippen LogP contribution in [0, 0.1) is 5.92 Å². The molecule has 6 heteroatoms. The van der Waals surface area contributed by atoms with Crippen LogP contribution in [0.2, 0.25) is 0 Å². The first-order valence-electron chi connectivity index (χ1n) is 7.82. The van der Waals surface area contributed by atoms with E-state index < -0.39 is 0 Å². The molecule has 1 aromatic carbocycles. The first kappa shape index (κ1) is 14.4. The third-order valence-corrected chi connectivity index (χ3v) is 3.79. The largest absolute Gasteiger partial charge is 0.439 e. The van der Waals surface area contributed by atoms with Crippen LogP contribution in [0.25, 0.3) is 5.82 Å². The maximum absolute atomic E-state index is 11.7. The maximum Gasteiger partial charge on any atom is 0.227 e. The molecule has 1 N–H and O–H groups in total. The summed E-state index contributed by atoms with van der Waals surface area (Å²) in [5, 5.41) is 2.90. The molecule has 2 aromatic heterocycles. The fraction of sp³-hybridized carbons (Fsp3) is 0.167. The number of anilines is 1. The number of hydrogen-bond acceptors (Lipinski definition) is 4. The molecule has 1 amide bonds. The van der Waals surface area contributed by atoms with E-state index in [0.29, 0.717) is 11.6 Å². The summed E-state index contributed by atoms with van der Waals surface area (Å²) in [7, 11) is 0. The van der Waals surface area contributed by atoms with Crippen LogP contribution < -0.4 is 10.1 Å². The normalized spacial score (nSPS) is 13.5. The molecule has 0 bridgehead atoms. The van der Waals surface area contributed by atoms with Crippen molar-refractivity contribution in [3.05, 3.63) is 61.2 Å². The predicted octanol–water partition coefficient (Wildman–Crippen LogP) is 3.41. The van der Waals surface area contributed by atoms with Crippen molar-refractivity contribution >= 4 is 11.6 Å². The quantitative estimate of drug-likeness (QED) is 0.782. The standard InChI is InChI=1S/C18H16N4O2/c23-18(13-3-4-13)21-14-5-7-15(8-6-14)24-17-11-16(19-12-20-17)22-9-1-2-10-22/h1-2,5-13H,3-4H2,(H,21,23). The number of carbonyl (C=O) groups is 1. The summed E-state index contributed by atoms with van der Waals surface area (Å²) < 4.78 is 7.64. The highest BCUT2D eigenvalue weighted by atomic mass is 16.5. The molecule has 0 spiro atoms. The summed E-state index contributed by atoms with van der Waals surface area (Å²) in [6.07, 6.45) is 7.26. The van der Waals surface area contributed by atoms with Gasteiger partial charge in [0, 0.05) is 30.1 Å². The molecule has 0 atom stereocenters. The molecule has 6 nitrogen and oxygen atoms in total. The van der Waals surface area contributed by atoms with Crippen molar-refractivity contribution in [1.82, 2.24) is 14.5 Å². The monoisotopic (exact) mass is 320 g/mol. The number of rotatable bonds is 5. The van der Waals surface area contributed by atoms with Gasteiger partial charge in [0.1, 0.15) is 17.9 Å². The van der Waals surface area contributed by atoms with Gasteiger partial charge < -0.3 is 14.6 Å². The molecule has 3 aromatic rings. The summed E-state index contributed by atoms with van der Waals surface area (Å²) in [6.45, 7) is 0. The zero-order valence-electron chi connectivity index (χ0n) is 12.9. The van der Waals surface area contributed by atoms with Crippen molar-refractivity contribution in [2.24, 2.45) is 5.92 Å². The molecule has 0 saturated heterocycles. The van der Waals surface area contributed by atoms with E-state index in [2.05, 4.69) is 15.3 Å². The molecule has 1 fully saturated rings. The highest BCUT2D eigenvalue weighted by Gasteiger charge is 2.29. The number of ether oxygens (including phenoxy) is 1. The minimum absolute atomic E-state index is 0.0934. The minimum atomic E-state index is 0.0934. The Morgan fingerprint density at radius 1 is 1.12 bits per heavy atom. The van der Waals surface area contributed by atoms with E-state index in [4.69, 9.17) is 4.74 Å². The van der Waals surface area contributed by atoms with Gasteiger partial charge in [0.2, 0.25) is 11.8 Å². The van der Waals surface area contributed by atoms with Crippen molar-refractivity contribution in [2.45, 2.75) is 12.8 Å². The number of aromatic nitrogens is 3. The molecule has 0 radical (unpaired) electrons. The topological polar surface area (TPSA) is 69.0 Å². The van der Waals surface area contributed by atoms with Gasteiger partial charge >= 0.3 is 0 Å². The van der Waals surface area contributed by atoms with Gasteiger partial charge in [0.05, 0.1) is 0 Å². The van der Waals surface area contributed by atoms with Crippen LogP contribution in [0.3, 0.4) is 0 Å². The average molecular weight is 320 g/mol. The SMILES string of the molecule is O=C(Nc1ccc(Oc2cc(-n3cccc3)ncn2)cc1)C1CC1. The second-order valence-corrected chi connectivity index (χ2v) is 5.69. The minimum Gasteiger partial charge on any atom is -0.439 e. The first-order chi connectivity index (χ1) is 11.8. The Hall–Kier alpha value is -3.15. The predicted molar refractivity (Wildman–Crippen MR) is 89.2 cm³/mol. The molecule has 1 aliphatic rings. The lowest BCUT2D eigenvalue weighted by Crippen LogP contribution is -2.12. The molecule has 1 saturated carbocycles. The lowest BCUT2D eigenvalue weighted by molar-refractivity contribution is -0.117. The summed E-state index contributed by atoms with van der Waals surface area (Å²) in [4.78, 5) is 20.1. The summed E-state index contributed by atoms with van der Waals surface area (Å²) in [6, 6.07) is 12.9. The maximum atomic E-state index is 11.7. The van der Waals surface area contributed by atoms with Crippen molar-refractivity contribution in [3.8, 4) is 17.4 Å². The molecular weight excluding hydrogens is 304 g/mol. The van der Waals surface area contributed by atoms with Crippen LogP contribution in [-0.4, -0.2) is 20.4 Å². The molecular formula is C18H16N4O2. The van der Waals surface area contributed by atoms with Crippen LogP contribution in [-0.2, 0) is 4.79 Å². The zero-order chi connectivity index (χ0) is 16.4. The van der Waals surface area contributed by atoms with Gasteiger partial charge in [-0.05, 0) is 49.2 Å². The van der Waals surface area contributed by atoms with Gasteiger partial charge in [-0.2, -0.15) is 0 Å². The summed E-state index contributed by atoms with van der Waals surface area (Å²) in [5.74, 6) is 2.13. The fourth-order valence-electron chi connectivity index (χ4n) is 2.33. The molecule has 0 aliphatic heterocycles. The van der Waals surface area contributed by atoms with E-state index in [1.165, 1.54) is 6.33 Å². The van der Waals surface area contributed by atoms with Gasteiger partial charge in [0.15, 0.2) is 0 Å². The molecule has 2 heterocycles. The first-order valence-corrected chi connectivity index (χ1v) is 7.82. The fourth-order valence-corrected chi connectivity index (χ4v) is 2.33. The Morgan fingerprint density at radius 3 is 2.58 bits per heavy atom. The lowest BCUT2D eigenvalue weighted by Gasteiger charge is -2.08. The highest BCUT2D eigenvalue weighted by molar-refractivity contribution is 5.94. The highest BCUT2D eigenvalue weighted by Crippen LogP contribution is 2.30. The Labute approximate surface area is 139 Å². The third kappa shape index (κ3) is 3.27. The Balaban J connectivity index is 1.45. The van der Waals surface area contributed by atoms with Crippen molar-refractivity contribution < 1.29 is 9.53 Å². The number of amides is 1. The molecule has 24 heavy (non-hydrogen) atoms. The summed E-state index contributed by atoms with van der Waals surface area (Å²) in [5.41, 5.74) is 0.773. The Kier molecular flexibility index (Phi) is 3.70. The van der Waals surface area contributed by atoms with Crippen molar-refractivity contribution in [2.75, 3.05) is 5.32 Å². The summed E-state index contributed by atoms with van der Waals surface area (Å²) >= 11 is 0. The molecule has 0 unspecified atom stereocenters. The third-order valence-electron chi connectivity index (χ3n) is 3.79. The van der Waals surface area contributed by atoms with E-state index in [9.17, 15) is 4.79 Å². The van der Waals surface area contributed by atoms with Crippen molar-refractivity contribution in [3.63, 3.8) is 0 Å². The Bertz CT molecular complexity index is 840.